The maximum absolute atomic E-state index is 12.5. The van der Waals surface area contributed by atoms with Crippen molar-refractivity contribution in [3.8, 4) is 5.69 Å². The van der Waals surface area contributed by atoms with Crippen molar-refractivity contribution in [2.24, 2.45) is 0 Å². The summed E-state index contributed by atoms with van der Waals surface area (Å²) in [7, 11) is 0. The largest absolute Gasteiger partial charge is 0.325 e. The Balaban J connectivity index is 1.68. The number of rotatable bonds is 5. The topological polar surface area (TPSA) is 99.4 Å². The second-order valence-corrected chi connectivity index (χ2v) is 8.19. The Morgan fingerprint density at radius 3 is 2.80 bits per heavy atom. The Labute approximate surface area is 182 Å². The Morgan fingerprint density at radius 1 is 1.23 bits per heavy atom. The summed E-state index contributed by atoms with van der Waals surface area (Å²) in [6.45, 7) is 3.86. The smallest absolute Gasteiger partial charge is 0.234 e. The van der Waals surface area contributed by atoms with Crippen LogP contribution in [0.1, 0.15) is 11.3 Å². The van der Waals surface area contributed by atoms with Gasteiger partial charge in [-0.25, -0.2) is 4.98 Å². The number of hydrogen-bond donors (Lipinski definition) is 3. The van der Waals surface area contributed by atoms with Crippen molar-refractivity contribution in [3.05, 3.63) is 70.3 Å². The quantitative estimate of drug-likeness (QED) is 0.320. The van der Waals surface area contributed by atoms with E-state index in [0.29, 0.717) is 26.9 Å². The Bertz CT molecular complexity index is 1310. The lowest BCUT2D eigenvalue weighted by Crippen LogP contribution is -2.23. The average Bonchev–Trinajstić information content (AvgIpc) is 3.07. The number of thioether (sulfide) groups is 1. The van der Waals surface area contributed by atoms with Crippen LogP contribution in [-0.4, -0.2) is 31.4 Å². The first-order valence-electron chi connectivity index (χ1n) is 9.20. The number of aromatic amines is 1. The van der Waals surface area contributed by atoms with Gasteiger partial charge in [-0.15, -0.1) is 0 Å². The summed E-state index contributed by atoms with van der Waals surface area (Å²) < 4.78 is 1.75. The van der Waals surface area contributed by atoms with E-state index in [4.69, 9.17) is 17.0 Å². The van der Waals surface area contributed by atoms with Gasteiger partial charge in [0.15, 0.2) is 10.8 Å². The standard InChI is InChI=1S/C21H19ClN6OS/c1-12-5-3-8-16(9-12)28-19(23)18-13(2)26-27-20(18)25-21(28)30-11-17(29)24-15-7-4-6-14(22)10-15/h3-10,23H,11H2,1-2H3,(H,24,29)(H,26,27). The first-order chi connectivity index (χ1) is 14.4. The normalized spacial score (nSPS) is 11.0. The van der Waals surface area contributed by atoms with Crippen molar-refractivity contribution in [1.82, 2.24) is 19.7 Å². The van der Waals surface area contributed by atoms with Gasteiger partial charge in [0.25, 0.3) is 0 Å². The Hall–Kier alpha value is -3.10. The lowest BCUT2D eigenvalue weighted by Gasteiger charge is -2.14. The third kappa shape index (κ3) is 4.10. The molecule has 0 atom stereocenters. The zero-order valence-electron chi connectivity index (χ0n) is 16.4. The SMILES string of the molecule is Cc1cccc(-n2c(SCC(=O)Nc3cccc(Cl)c3)nc3n[nH]c(C)c3c2=N)c1. The van der Waals surface area contributed by atoms with Gasteiger partial charge in [0.2, 0.25) is 5.91 Å². The molecule has 9 heteroatoms. The fraction of sp³-hybridized carbons (Fsp3) is 0.143. The number of aryl methyl sites for hydroxylation is 2. The molecule has 1 amide bonds. The zero-order chi connectivity index (χ0) is 21.3. The van der Waals surface area contributed by atoms with E-state index >= 15 is 0 Å². The molecule has 4 aromatic rings. The van der Waals surface area contributed by atoms with E-state index in [1.807, 2.05) is 38.1 Å². The van der Waals surface area contributed by atoms with Gasteiger partial charge in [-0.05, 0) is 49.7 Å². The molecule has 2 aromatic carbocycles. The summed E-state index contributed by atoms with van der Waals surface area (Å²) in [6, 6.07) is 14.8. The van der Waals surface area contributed by atoms with Crippen molar-refractivity contribution in [2.75, 3.05) is 11.1 Å². The highest BCUT2D eigenvalue weighted by molar-refractivity contribution is 7.99. The first kappa shape index (κ1) is 20.2. The molecule has 7 nitrogen and oxygen atoms in total. The highest BCUT2D eigenvalue weighted by Crippen LogP contribution is 2.23. The number of amides is 1. The second kappa shape index (κ2) is 8.33. The van der Waals surface area contributed by atoms with Crippen LogP contribution >= 0.6 is 23.4 Å². The fourth-order valence-corrected chi connectivity index (χ4v) is 4.13. The van der Waals surface area contributed by atoms with Crippen LogP contribution in [0.15, 0.2) is 53.7 Å². The van der Waals surface area contributed by atoms with Gasteiger partial charge in [-0.1, -0.05) is 41.6 Å². The summed E-state index contributed by atoms with van der Waals surface area (Å²) in [4.78, 5) is 17.1. The number of H-pyrrole nitrogens is 1. The summed E-state index contributed by atoms with van der Waals surface area (Å²) >= 11 is 7.23. The first-order valence-corrected chi connectivity index (χ1v) is 10.6. The van der Waals surface area contributed by atoms with Gasteiger partial charge in [0.05, 0.1) is 11.1 Å². The minimum Gasteiger partial charge on any atom is -0.325 e. The molecule has 3 N–H and O–H groups in total. The third-order valence-electron chi connectivity index (χ3n) is 4.48. The van der Waals surface area contributed by atoms with Gasteiger partial charge in [0.1, 0.15) is 5.49 Å². The molecule has 152 valence electrons. The maximum atomic E-state index is 12.5. The molecule has 0 radical (unpaired) electrons. The van der Waals surface area contributed by atoms with Crippen LogP contribution in [0.5, 0.6) is 0 Å². The number of anilines is 1. The van der Waals surface area contributed by atoms with E-state index in [1.165, 1.54) is 11.8 Å². The van der Waals surface area contributed by atoms with Crippen molar-refractivity contribution >= 4 is 46.0 Å². The van der Waals surface area contributed by atoms with E-state index in [9.17, 15) is 4.79 Å². The molecular weight excluding hydrogens is 420 g/mol. The summed E-state index contributed by atoms with van der Waals surface area (Å²) in [5.74, 6) is -0.0654. The third-order valence-corrected chi connectivity index (χ3v) is 5.66. The molecule has 4 rings (SSSR count). The van der Waals surface area contributed by atoms with E-state index in [1.54, 1.807) is 28.8 Å². The number of nitrogens with one attached hydrogen (secondary N) is 3. The van der Waals surface area contributed by atoms with Crippen molar-refractivity contribution in [3.63, 3.8) is 0 Å². The molecule has 0 saturated carbocycles. The fourth-order valence-electron chi connectivity index (χ4n) is 3.13. The Morgan fingerprint density at radius 2 is 2.03 bits per heavy atom. The monoisotopic (exact) mass is 438 g/mol. The molecular formula is C21H19ClN6OS. The van der Waals surface area contributed by atoms with E-state index in [2.05, 4.69) is 20.5 Å². The van der Waals surface area contributed by atoms with Crippen LogP contribution < -0.4 is 10.8 Å². The van der Waals surface area contributed by atoms with Crippen molar-refractivity contribution in [2.45, 2.75) is 19.0 Å². The van der Waals surface area contributed by atoms with E-state index in [0.717, 1.165) is 16.9 Å². The summed E-state index contributed by atoms with van der Waals surface area (Å²) in [5.41, 5.74) is 4.02. The number of hydrogen-bond acceptors (Lipinski definition) is 5. The molecule has 2 aromatic heterocycles. The number of carbonyl (C=O) groups is 1. The maximum Gasteiger partial charge on any atom is 0.234 e. The summed E-state index contributed by atoms with van der Waals surface area (Å²) in [5, 5.41) is 20.4. The van der Waals surface area contributed by atoms with Crippen LogP contribution in [0.25, 0.3) is 16.7 Å². The van der Waals surface area contributed by atoms with Crippen molar-refractivity contribution < 1.29 is 4.79 Å². The highest BCUT2D eigenvalue weighted by atomic mass is 35.5. The molecule has 0 unspecified atom stereocenters. The van der Waals surface area contributed by atoms with Gasteiger partial charge in [-0.2, -0.15) is 5.10 Å². The molecule has 0 fully saturated rings. The molecule has 0 spiro atoms. The number of carbonyl (C=O) groups excluding carboxylic acids is 1. The molecule has 0 saturated heterocycles. The number of benzene rings is 2. The van der Waals surface area contributed by atoms with Gasteiger partial charge in [0, 0.05) is 22.1 Å². The Kier molecular flexibility index (Phi) is 5.61. The predicted octanol–water partition coefficient (Wildman–Crippen LogP) is 4.23. The number of aromatic nitrogens is 4. The van der Waals surface area contributed by atoms with Gasteiger partial charge < -0.3 is 5.32 Å². The average molecular weight is 439 g/mol. The van der Waals surface area contributed by atoms with Crippen LogP contribution in [-0.2, 0) is 4.79 Å². The number of nitrogens with zero attached hydrogens (tertiary/aromatic N) is 3. The number of halogens is 1. The lowest BCUT2D eigenvalue weighted by atomic mass is 10.2. The number of fused-ring (bicyclic) bond motifs is 1. The molecule has 0 bridgehead atoms. The van der Waals surface area contributed by atoms with Crippen LogP contribution in [0.4, 0.5) is 5.69 Å². The minimum absolute atomic E-state index is 0.125. The predicted molar refractivity (Wildman–Crippen MR) is 119 cm³/mol. The highest BCUT2D eigenvalue weighted by Gasteiger charge is 2.16. The van der Waals surface area contributed by atoms with E-state index in [-0.39, 0.29) is 17.1 Å². The van der Waals surface area contributed by atoms with Crippen LogP contribution in [0.3, 0.4) is 0 Å². The van der Waals surface area contributed by atoms with Crippen molar-refractivity contribution in [1.29, 1.82) is 5.41 Å². The molecule has 0 aliphatic heterocycles. The minimum atomic E-state index is -0.190. The second-order valence-electron chi connectivity index (χ2n) is 6.81. The van der Waals surface area contributed by atoms with Crippen LogP contribution in [0, 0.1) is 19.3 Å². The molecule has 30 heavy (non-hydrogen) atoms. The molecule has 0 aliphatic rings. The molecule has 0 aliphatic carbocycles. The van der Waals surface area contributed by atoms with Gasteiger partial charge >= 0.3 is 0 Å². The zero-order valence-corrected chi connectivity index (χ0v) is 17.9. The summed E-state index contributed by atoms with van der Waals surface area (Å²) in [6.07, 6.45) is 0. The lowest BCUT2D eigenvalue weighted by molar-refractivity contribution is -0.113. The molecule has 2 heterocycles. The van der Waals surface area contributed by atoms with Crippen LogP contribution in [0.2, 0.25) is 5.02 Å². The van der Waals surface area contributed by atoms with Gasteiger partial charge in [-0.3, -0.25) is 19.9 Å². The van der Waals surface area contributed by atoms with E-state index < -0.39 is 0 Å².